The Morgan fingerprint density at radius 1 is 1.50 bits per heavy atom. The molecule has 4 heteroatoms. The number of aromatic nitrogens is 3. The zero-order chi connectivity index (χ0) is 7.23. The van der Waals surface area contributed by atoms with Crippen molar-refractivity contribution >= 4 is 0 Å². The van der Waals surface area contributed by atoms with Crippen molar-refractivity contribution in [2.75, 3.05) is 6.61 Å². The minimum Gasteiger partial charge on any atom is -0.450 e. The Bertz CT molecular complexity index is 228. The topological polar surface area (TPSA) is 47.9 Å². The molecule has 0 spiro atoms. The van der Waals surface area contributed by atoms with E-state index in [2.05, 4.69) is 20.9 Å². The monoisotopic (exact) mass is 135 g/mol. The molecule has 0 aliphatic rings. The summed E-state index contributed by atoms with van der Waals surface area (Å²) >= 11 is 0. The van der Waals surface area contributed by atoms with E-state index < -0.39 is 0 Å². The second-order valence-electron chi connectivity index (χ2n) is 1.41. The first-order valence-electron chi connectivity index (χ1n) is 2.62. The first-order chi connectivity index (χ1) is 4.93. The highest BCUT2D eigenvalue weighted by Gasteiger charge is 1.89. The summed E-state index contributed by atoms with van der Waals surface area (Å²) < 4.78 is 4.86. The Hall–Kier alpha value is -1.63. The molecule has 4 nitrogen and oxygen atoms in total. The van der Waals surface area contributed by atoms with Crippen LogP contribution in [0.15, 0.2) is 12.7 Å². The van der Waals surface area contributed by atoms with Crippen LogP contribution in [-0.2, 0) is 0 Å². The van der Waals surface area contributed by atoms with Crippen LogP contribution in [0.1, 0.15) is 0 Å². The first-order valence-corrected chi connectivity index (χ1v) is 2.62. The molecule has 1 aromatic rings. The van der Waals surface area contributed by atoms with Crippen LogP contribution < -0.4 is 4.74 Å². The molecule has 0 aromatic carbocycles. The minimum atomic E-state index is 0.185. The van der Waals surface area contributed by atoms with Crippen molar-refractivity contribution in [1.82, 2.24) is 15.0 Å². The summed E-state index contributed by atoms with van der Waals surface area (Å²) in [7, 11) is 0. The van der Waals surface area contributed by atoms with Crippen LogP contribution in [0.5, 0.6) is 6.01 Å². The molecule has 10 heavy (non-hydrogen) atoms. The molecule has 0 amide bonds. The third-order valence-corrected chi connectivity index (χ3v) is 0.754. The molecule has 0 saturated heterocycles. The first kappa shape index (κ1) is 6.49. The van der Waals surface area contributed by atoms with E-state index in [4.69, 9.17) is 11.2 Å². The van der Waals surface area contributed by atoms with Crippen molar-refractivity contribution in [2.24, 2.45) is 0 Å². The molecule has 0 aliphatic heterocycles. The molecular formula is C6H5N3O. The van der Waals surface area contributed by atoms with E-state index >= 15 is 0 Å². The van der Waals surface area contributed by atoms with Gasteiger partial charge >= 0.3 is 6.01 Å². The molecule has 0 unspecified atom stereocenters. The third-order valence-electron chi connectivity index (χ3n) is 0.754. The lowest BCUT2D eigenvalue weighted by molar-refractivity contribution is 0.338. The summed E-state index contributed by atoms with van der Waals surface area (Å²) in [5.74, 6) is 2.29. The molecule has 1 aromatic heterocycles. The number of hydrogen-bond donors (Lipinski definition) is 0. The van der Waals surface area contributed by atoms with E-state index in [1.807, 2.05) is 0 Å². The highest BCUT2D eigenvalue weighted by atomic mass is 16.5. The molecule has 0 N–H and O–H groups in total. The lowest BCUT2D eigenvalue weighted by Crippen LogP contribution is -1.97. The smallest absolute Gasteiger partial charge is 0.320 e. The maximum absolute atomic E-state index is 4.93. The number of terminal acetylenes is 1. The van der Waals surface area contributed by atoms with Gasteiger partial charge in [0.15, 0.2) is 6.61 Å². The molecule has 50 valence electrons. The molecule has 0 saturated carbocycles. The van der Waals surface area contributed by atoms with Crippen molar-refractivity contribution in [1.29, 1.82) is 0 Å². The summed E-state index contributed by atoms with van der Waals surface area (Å²) in [6.07, 6.45) is 7.62. The van der Waals surface area contributed by atoms with Gasteiger partial charge in [0.2, 0.25) is 0 Å². The van der Waals surface area contributed by atoms with E-state index in [1.165, 1.54) is 12.7 Å². The zero-order valence-electron chi connectivity index (χ0n) is 5.19. The summed E-state index contributed by atoms with van der Waals surface area (Å²) in [6, 6.07) is 0.257. The van der Waals surface area contributed by atoms with E-state index in [9.17, 15) is 0 Å². The fourth-order valence-corrected chi connectivity index (χ4v) is 0.409. The van der Waals surface area contributed by atoms with E-state index in [0.717, 1.165) is 0 Å². The lowest BCUT2D eigenvalue weighted by Gasteiger charge is -1.95. The van der Waals surface area contributed by atoms with Gasteiger partial charge in [-0.3, -0.25) is 0 Å². The Morgan fingerprint density at radius 2 is 2.20 bits per heavy atom. The third kappa shape index (κ3) is 1.71. The predicted octanol–water partition coefficient (Wildman–Crippen LogP) is -0.116. The van der Waals surface area contributed by atoms with Crippen molar-refractivity contribution in [3.05, 3.63) is 12.7 Å². The van der Waals surface area contributed by atoms with Gasteiger partial charge in [0.1, 0.15) is 12.7 Å². The number of ether oxygens (including phenoxy) is 1. The summed E-state index contributed by atoms with van der Waals surface area (Å²) in [4.78, 5) is 11.0. The normalized spacial score (nSPS) is 8.30. The van der Waals surface area contributed by atoms with Crippen LogP contribution in [0.4, 0.5) is 0 Å². The minimum absolute atomic E-state index is 0.185. The summed E-state index contributed by atoms with van der Waals surface area (Å²) in [6.45, 7) is 0.185. The highest BCUT2D eigenvalue weighted by Crippen LogP contribution is 1.93. The van der Waals surface area contributed by atoms with Crippen LogP contribution in [0, 0.1) is 12.3 Å². The second-order valence-corrected chi connectivity index (χ2v) is 1.41. The zero-order valence-corrected chi connectivity index (χ0v) is 5.19. The van der Waals surface area contributed by atoms with Gasteiger partial charge in [-0.25, -0.2) is 4.98 Å². The SMILES string of the molecule is C#CCOc1ncncn1. The molecule has 0 bridgehead atoms. The van der Waals surface area contributed by atoms with Crippen LogP contribution in [-0.4, -0.2) is 21.6 Å². The molecule has 0 aliphatic carbocycles. The summed E-state index contributed by atoms with van der Waals surface area (Å²) in [5.41, 5.74) is 0. The fraction of sp³-hybridized carbons (Fsp3) is 0.167. The average Bonchev–Trinajstić information content (AvgIpc) is 2.03. The number of rotatable bonds is 2. The van der Waals surface area contributed by atoms with Crippen LogP contribution in [0.25, 0.3) is 0 Å². The Kier molecular flexibility index (Phi) is 2.21. The Balaban J connectivity index is 2.52. The van der Waals surface area contributed by atoms with E-state index in [0.29, 0.717) is 0 Å². The summed E-state index contributed by atoms with van der Waals surface area (Å²) in [5, 5.41) is 0. The Labute approximate surface area is 58.3 Å². The standard InChI is InChI=1S/C6H5N3O/c1-2-3-10-6-8-4-7-5-9-6/h1,4-5H,3H2. The molecule has 0 atom stereocenters. The van der Waals surface area contributed by atoms with Crippen molar-refractivity contribution in [3.63, 3.8) is 0 Å². The van der Waals surface area contributed by atoms with E-state index in [-0.39, 0.29) is 12.6 Å². The van der Waals surface area contributed by atoms with Crippen molar-refractivity contribution in [3.8, 4) is 18.4 Å². The predicted molar refractivity (Wildman–Crippen MR) is 34.2 cm³/mol. The van der Waals surface area contributed by atoms with Crippen LogP contribution in [0.3, 0.4) is 0 Å². The Morgan fingerprint density at radius 3 is 2.80 bits per heavy atom. The van der Waals surface area contributed by atoms with Gasteiger partial charge in [0.25, 0.3) is 0 Å². The molecular weight excluding hydrogens is 130 g/mol. The van der Waals surface area contributed by atoms with Crippen molar-refractivity contribution < 1.29 is 4.74 Å². The maximum atomic E-state index is 4.93. The van der Waals surface area contributed by atoms with Gasteiger partial charge in [-0.05, 0) is 0 Å². The van der Waals surface area contributed by atoms with Gasteiger partial charge in [0, 0.05) is 0 Å². The average molecular weight is 135 g/mol. The van der Waals surface area contributed by atoms with Gasteiger partial charge in [-0.15, -0.1) is 6.42 Å². The maximum Gasteiger partial charge on any atom is 0.320 e. The molecule has 1 rings (SSSR count). The van der Waals surface area contributed by atoms with Crippen molar-refractivity contribution in [2.45, 2.75) is 0 Å². The quantitative estimate of drug-likeness (QED) is 0.530. The molecule has 0 fully saturated rings. The van der Waals surface area contributed by atoms with Crippen LogP contribution >= 0.6 is 0 Å². The lowest BCUT2D eigenvalue weighted by atomic mass is 10.8. The largest absolute Gasteiger partial charge is 0.450 e. The van der Waals surface area contributed by atoms with Gasteiger partial charge in [0.05, 0.1) is 0 Å². The van der Waals surface area contributed by atoms with Gasteiger partial charge in [-0.2, -0.15) is 9.97 Å². The fourth-order valence-electron chi connectivity index (χ4n) is 0.409. The molecule has 1 heterocycles. The van der Waals surface area contributed by atoms with Crippen LogP contribution in [0.2, 0.25) is 0 Å². The number of nitrogens with zero attached hydrogens (tertiary/aromatic N) is 3. The van der Waals surface area contributed by atoms with Gasteiger partial charge < -0.3 is 4.74 Å². The second kappa shape index (κ2) is 3.41. The van der Waals surface area contributed by atoms with E-state index in [1.54, 1.807) is 0 Å². The van der Waals surface area contributed by atoms with Gasteiger partial charge in [-0.1, -0.05) is 5.92 Å². The highest BCUT2D eigenvalue weighted by molar-refractivity contribution is 4.92. The molecule has 0 radical (unpaired) electrons. The number of hydrogen-bond acceptors (Lipinski definition) is 4.